The van der Waals surface area contributed by atoms with Gasteiger partial charge in [0.2, 0.25) is 0 Å². The summed E-state index contributed by atoms with van der Waals surface area (Å²) in [4.78, 5) is 34.6. The Labute approximate surface area is 248 Å². The van der Waals surface area contributed by atoms with Crippen LogP contribution in [0.3, 0.4) is 0 Å². The second kappa shape index (κ2) is 15.1. The van der Waals surface area contributed by atoms with Gasteiger partial charge in [-0.3, -0.25) is 14.2 Å². The van der Waals surface area contributed by atoms with Crippen molar-refractivity contribution in [1.82, 2.24) is 0 Å². The number of aryl methyl sites for hydroxylation is 1. The Morgan fingerprint density at radius 3 is 2.24 bits per heavy atom. The second-order valence-electron chi connectivity index (χ2n) is 10.1. The lowest BCUT2D eigenvalue weighted by Crippen LogP contribution is -2.29. The van der Waals surface area contributed by atoms with Crippen molar-refractivity contribution in [3.63, 3.8) is 0 Å². The molecule has 0 aromatic heterocycles. The number of hydrogen-bond acceptors (Lipinski definition) is 7. The minimum absolute atomic E-state index is 0.166. The van der Waals surface area contributed by atoms with Crippen molar-refractivity contribution in [2.45, 2.75) is 51.0 Å². The molecule has 0 spiro atoms. The highest BCUT2D eigenvalue weighted by Crippen LogP contribution is 2.41. The first-order valence-corrected chi connectivity index (χ1v) is 16.8. The Hall–Kier alpha value is -2.55. The first-order chi connectivity index (χ1) is 19.8. The monoisotopic (exact) mass is 646 g/mol. The van der Waals surface area contributed by atoms with Gasteiger partial charge in [0.15, 0.2) is 6.10 Å². The summed E-state index contributed by atoms with van der Waals surface area (Å²) in [6, 6.07) is 19.1. The molecule has 0 saturated carbocycles. The van der Waals surface area contributed by atoms with Gasteiger partial charge in [0, 0.05) is 18.2 Å². The largest absolute Gasteiger partial charge is 0.462 e. The molecule has 10 heteroatoms. The van der Waals surface area contributed by atoms with Gasteiger partial charge in [-0.1, -0.05) is 76.9 Å². The first kappa shape index (κ1) is 31.4. The van der Waals surface area contributed by atoms with Crippen molar-refractivity contribution >= 4 is 67.8 Å². The van der Waals surface area contributed by atoms with Crippen LogP contribution in [0, 0.1) is 0 Å². The van der Waals surface area contributed by atoms with Crippen LogP contribution >= 0.6 is 23.5 Å². The van der Waals surface area contributed by atoms with Gasteiger partial charge < -0.3 is 24.0 Å². The number of halogens is 1. The average Bonchev–Trinajstić information content (AvgIpc) is 2.96. The molecule has 0 radical (unpaired) electrons. The molecule has 0 heterocycles. The third kappa shape index (κ3) is 8.72. The van der Waals surface area contributed by atoms with Crippen LogP contribution in [0.15, 0.2) is 54.6 Å². The maximum absolute atomic E-state index is 12.6. The zero-order chi connectivity index (χ0) is 29.2. The minimum Gasteiger partial charge on any atom is -0.462 e. The minimum atomic E-state index is -4.05. The number of esters is 2. The van der Waals surface area contributed by atoms with E-state index >= 15 is 0 Å². The molecule has 8 nitrogen and oxygen atoms in total. The Bertz CT molecular complexity index is 1490. The zero-order valence-corrected chi connectivity index (χ0v) is 25.4. The summed E-state index contributed by atoms with van der Waals surface area (Å²) in [6.07, 6.45) is 2.56. The van der Waals surface area contributed by atoms with Gasteiger partial charge >= 0.3 is 19.5 Å². The van der Waals surface area contributed by atoms with E-state index in [1.807, 2.05) is 0 Å². The Morgan fingerprint density at radius 2 is 1.51 bits per heavy atom. The quantitative estimate of drug-likeness (QED) is 0.0438. The Kier molecular flexibility index (Phi) is 11.5. The smallest absolute Gasteiger partial charge is 0.330 e. The maximum Gasteiger partial charge on any atom is 0.330 e. The molecule has 0 bridgehead atoms. The molecule has 0 aliphatic heterocycles. The number of ether oxygens (including phenoxy) is 2. The SMILES string of the molecule is O=C(CCCc1ccc2ccc3cccc4ccc1c2c34)OC[C@H](COP(=O)(O)CCO)OC(=O)CCCCCBr. The Balaban J connectivity index is 1.32. The molecule has 0 fully saturated rings. The van der Waals surface area contributed by atoms with E-state index < -0.39 is 45.0 Å². The van der Waals surface area contributed by atoms with E-state index in [1.165, 1.54) is 32.3 Å². The lowest BCUT2D eigenvalue weighted by atomic mass is 9.90. The highest BCUT2D eigenvalue weighted by molar-refractivity contribution is 9.09. The summed E-state index contributed by atoms with van der Waals surface area (Å²) in [6.45, 7) is -1.23. The number of aliphatic hydroxyl groups excluding tert-OH is 1. The van der Waals surface area contributed by atoms with Crippen LogP contribution < -0.4 is 0 Å². The molecule has 0 aliphatic carbocycles. The van der Waals surface area contributed by atoms with Gasteiger partial charge in [0.05, 0.1) is 19.4 Å². The molecule has 0 saturated heterocycles. The summed E-state index contributed by atoms with van der Waals surface area (Å²) < 4.78 is 27.8. The van der Waals surface area contributed by atoms with Crippen molar-refractivity contribution in [3.05, 3.63) is 60.2 Å². The normalized spacial score (nSPS) is 13.9. The molecule has 1 unspecified atom stereocenters. The second-order valence-corrected chi connectivity index (χ2v) is 12.9. The number of hydrogen-bond donors (Lipinski definition) is 2. The number of carbonyl (C=O) groups excluding carboxylic acids is 2. The molecule has 2 atom stereocenters. The molecular weight excluding hydrogens is 611 g/mol. The van der Waals surface area contributed by atoms with Crippen LogP contribution in [0.4, 0.5) is 0 Å². The van der Waals surface area contributed by atoms with Crippen LogP contribution in [-0.2, 0) is 34.6 Å². The van der Waals surface area contributed by atoms with Crippen molar-refractivity contribution in [2.75, 3.05) is 31.3 Å². The summed E-state index contributed by atoms with van der Waals surface area (Å²) in [7, 11) is -4.05. The fourth-order valence-corrected chi connectivity index (χ4v) is 6.16. The third-order valence-electron chi connectivity index (χ3n) is 7.03. The number of rotatable bonds is 17. The van der Waals surface area contributed by atoms with Gasteiger partial charge in [-0.2, -0.15) is 0 Å². The highest BCUT2D eigenvalue weighted by atomic mass is 79.9. The van der Waals surface area contributed by atoms with Gasteiger partial charge in [-0.15, -0.1) is 0 Å². The number of carbonyl (C=O) groups is 2. The molecule has 4 aromatic rings. The van der Waals surface area contributed by atoms with Crippen molar-refractivity contribution in [3.8, 4) is 0 Å². The third-order valence-corrected chi connectivity index (χ3v) is 8.91. The van der Waals surface area contributed by atoms with E-state index in [0.29, 0.717) is 19.3 Å². The van der Waals surface area contributed by atoms with Crippen LogP contribution in [-0.4, -0.2) is 59.4 Å². The Morgan fingerprint density at radius 1 is 0.829 bits per heavy atom. The van der Waals surface area contributed by atoms with Crippen molar-refractivity contribution < 1.29 is 38.2 Å². The fourth-order valence-electron chi connectivity index (χ4n) is 4.99. The van der Waals surface area contributed by atoms with E-state index in [1.54, 1.807) is 0 Å². The summed E-state index contributed by atoms with van der Waals surface area (Å²) in [5, 5.41) is 17.1. The molecule has 41 heavy (non-hydrogen) atoms. The number of benzene rings is 4. The highest BCUT2D eigenvalue weighted by Gasteiger charge is 2.24. The van der Waals surface area contributed by atoms with Crippen LogP contribution in [0.1, 0.15) is 44.1 Å². The molecule has 0 aliphatic rings. The van der Waals surface area contributed by atoms with E-state index in [-0.39, 0.29) is 19.4 Å². The van der Waals surface area contributed by atoms with Gasteiger partial charge in [-0.25, -0.2) is 0 Å². The van der Waals surface area contributed by atoms with E-state index in [4.69, 9.17) is 19.1 Å². The van der Waals surface area contributed by atoms with E-state index in [0.717, 1.165) is 23.7 Å². The van der Waals surface area contributed by atoms with Gasteiger partial charge in [0.25, 0.3) is 0 Å². The number of unbranched alkanes of at least 4 members (excludes halogenated alkanes) is 2. The number of alkyl halides is 1. The molecule has 4 rings (SSSR count). The predicted octanol–water partition coefficient (Wildman–Crippen LogP) is 6.51. The summed E-state index contributed by atoms with van der Waals surface area (Å²) in [5.41, 5.74) is 1.16. The number of aliphatic hydroxyl groups is 1. The van der Waals surface area contributed by atoms with E-state index in [9.17, 15) is 19.0 Å². The lowest BCUT2D eigenvalue weighted by Gasteiger charge is -2.20. The average molecular weight is 647 g/mol. The van der Waals surface area contributed by atoms with E-state index in [2.05, 4.69) is 70.5 Å². The van der Waals surface area contributed by atoms with Crippen molar-refractivity contribution in [1.29, 1.82) is 0 Å². The topological polar surface area (TPSA) is 119 Å². The summed E-state index contributed by atoms with van der Waals surface area (Å²) >= 11 is 3.35. The first-order valence-electron chi connectivity index (χ1n) is 13.9. The summed E-state index contributed by atoms with van der Waals surface area (Å²) in [5.74, 6) is -0.947. The maximum atomic E-state index is 12.6. The standard InChI is InChI=1S/C31H36BrO8P/c32-17-3-1-2-9-29(35)40-26(21-39-41(36,37)19-18-33)20-38-28(34)10-5-6-22-11-12-25-14-13-23-7-4-8-24-15-16-27(22)31(25)30(23)24/h4,7-8,11-16,26,33H,1-3,5-6,9-10,17-21H2,(H,36,37)/t26-/m1/s1. The van der Waals surface area contributed by atoms with Crippen LogP contribution in [0.2, 0.25) is 0 Å². The molecule has 220 valence electrons. The fraction of sp³-hybridized carbons (Fsp3) is 0.419. The van der Waals surface area contributed by atoms with Crippen LogP contribution in [0.25, 0.3) is 32.3 Å². The molecule has 4 aromatic carbocycles. The lowest BCUT2D eigenvalue weighted by molar-refractivity contribution is -0.161. The zero-order valence-electron chi connectivity index (χ0n) is 22.9. The van der Waals surface area contributed by atoms with Crippen LogP contribution in [0.5, 0.6) is 0 Å². The van der Waals surface area contributed by atoms with Crippen molar-refractivity contribution in [2.24, 2.45) is 0 Å². The molecular formula is C31H36BrO8P. The predicted molar refractivity (Wildman–Crippen MR) is 164 cm³/mol. The van der Waals surface area contributed by atoms with Gasteiger partial charge in [0.1, 0.15) is 6.61 Å². The molecule has 2 N–H and O–H groups in total. The molecule has 0 amide bonds. The van der Waals surface area contributed by atoms with Gasteiger partial charge in [-0.05, 0) is 63.6 Å².